The molecule has 17 heavy (non-hydrogen) atoms. The first-order chi connectivity index (χ1) is 8.06. The molecule has 2 rings (SSSR count). The summed E-state index contributed by atoms with van der Waals surface area (Å²) in [6.07, 6.45) is 0.357. The number of nitrogens with zero attached hydrogens (tertiary/aromatic N) is 2. The van der Waals surface area contributed by atoms with Gasteiger partial charge in [0.15, 0.2) is 11.4 Å². The molecule has 0 saturated heterocycles. The topological polar surface area (TPSA) is 100 Å². The number of carboxylic acid groups (broad SMARTS) is 2. The van der Waals surface area contributed by atoms with Crippen LogP contribution in [-0.4, -0.2) is 32.1 Å². The molecule has 0 fully saturated rings. The summed E-state index contributed by atoms with van der Waals surface area (Å²) >= 11 is 2.44. The van der Waals surface area contributed by atoms with Crippen molar-refractivity contribution in [3.8, 4) is 0 Å². The van der Waals surface area contributed by atoms with Crippen LogP contribution in [0.15, 0.2) is 10.8 Å². The van der Waals surface area contributed by atoms with Gasteiger partial charge in [-0.3, -0.25) is 0 Å². The average molecular weight is 270 g/mol. The lowest BCUT2D eigenvalue weighted by molar-refractivity contribution is 0.0681. The summed E-state index contributed by atoms with van der Waals surface area (Å²) in [6, 6.07) is 0. The number of aromatic nitrogens is 2. The van der Waals surface area contributed by atoms with E-state index in [0.29, 0.717) is 16.4 Å². The molecule has 2 N–H and O–H groups in total. The molecule has 0 atom stereocenters. The summed E-state index contributed by atoms with van der Waals surface area (Å²) in [5.41, 5.74) is 0.0000262. The van der Waals surface area contributed by atoms with Crippen LogP contribution >= 0.6 is 22.7 Å². The molecule has 0 aromatic carbocycles. The van der Waals surface area contributed by atoms with E-state index in [4.69, 9.17) is 10.2 Å². The zero-order chi connectivity index (χ0) is 12.4. The quantitative estimate of drug-likeness (QED) is 0.875. The maximum Gasteiger partial charge on any atom is 0.355 e. The minimum Gasteiger partial charge on any atom is -0.476 e. The van der Waals surface area contributed by atoms with E-state index < -0.39 is 11.9 Å². The van der Waals surface area contributed by atoms with Crippen molar-refractivity contribution < 1.29 is 19.8 Å². The fraction of sp³-hybridized carbons (Fsp3) is 0.111. The predicted molar refractivity (Wildman–Crippen MR) is 61.0 cm³/mol. The summed E-state index contributed by atoms with van der Waals surface area (Å²) < 4.78 is 0. The highest BCUT2D eigenvalue weighted by Gasteiger charge is 2.12. The fourth-order valence-corrected chi connectivity index (χ4v) is 2.75. The number of thiazole rings is 2. The van der Waals surface area contributed by atoms with Crippen molar-refractivity contribution in [2.24, 2.45) is 0 Å². The minimum absolute atomic E-state index is 0.0000131. The molecule has 0 spiro atoms. The lowest BCUT2D eigenvalue weighted by atomic mass is 10.4. The third-order valence-electron chi connectivity index (χ3n) is 1.84. The Morgan fingerprint density at radius 1 is 1.00 bits per heavy atom. The van der Waals surface area contributed by atoms with Gasteiger partial charge in [0.25, 0.3) is 0 Å². The van der Waals surface area contributed by atoms with Gasteiger partial charge in [0, 0.05) is 10.8 Å². The van der Waals surface area contributed by atoms with E-state index >= 15 is 0 Å². The van der Waals surface area contributed by atoms with E-state index in [1.807, 2.05) is 0 Å². The van der Waals surface area contributed by atoms with Crippen LogP contribution in [0.1, 0.15) is 31.0 Å². The lowest BCUT2D eigenvalue weighted by Crippen LogP contribution is -1.98. The van der Waals surface area contributed by atoms with Crippen molar-refractivity contribution >= 4 is 34.6 Å². The Labute approximate surface area is 103 Å². The van der Waals surface area contributed by atoms with Crippen molar-refractivity contribution in [2.45, 2.75) is 6.42 Å². The summed E-state index contributed by atoms with van der Waals surface area (Å²) in [5.74, 6) is -2.14. The molecule has 2 aromatic rings. The van der Waals surface area contributed by atoms with E-state index in [-0.39, 0.29) is 11.4 Å². The van der Waals surface area contributed by atoms with Gasteiger partial charge in [-0.05, 0) is 0 Å². The largest absolute Gasteiger partial charge is 0.476 e. The smallest absolute Gasteiger partial charge is 0.355 e. The molecule has 0 amide bonds. The molecule has 0 aliphatic carbocycles. The molecule has 6 nitrogen and oxygen atoms in total. The highest BCUT2D eigenvalue weighted by atomic mass is 32.1. The van der Waals surface area contributed by atoms with E-state index in [0.717, 1.165) is 0 Å². The van der Waals surface area contributed by atoms with E-state index in [2.05, 4.69) is 9.97 Å². The second-order valence-electron chi connectivity index (χ2n) is 3.04. The number of aromatic carboxylic acids is 2. The van der Waals surface area contributed by atoms with Gasteiger partial charge < -0.3 is 10.2 Å². The molecule has 0 aliphatic heterocycles. The van der Waals surface area contributed by atoms with E-state index in [1.165, 1.54) is 33.4 Å². The van der Waals surface area contributed by atoms with Crippen LogP contribution in [0.25, 0.3) is 0 Å². The average Bonchev–Trinajstić information content (AvgIpc) is 2.87. The molecule has 0 saturated carbocycles. The molecule has 0 unspecified atom stereocenters. The maximum absolute atomic E-state index is 10.6. The summed E-state index contributed by atoms with van der Waals surface area (Å²) in [4.78, 5) is 29.0. The van der Waals surface area contributed by atoms with E-state index in [9.17, 15) is 9.59 Å². The van der Waals surface area contributed by atoms with Crippen LogP contribution in [0.5, 0.6) is 0 Å². The van der Waals surface area contributed by atoms with Gasteiger partial charge in [-0.1, -0.05) is 0 Å². The fourth-order valence-electron chi connectivity index (χ4n) is 1.11. The van der Waals surface area contributed by atoms with Crippen LogP contribution in [0.2, 0.25) is 0 Å². The van der Waals surface area contributed by atoms with Gasteiger partial charge in [-0.2, -0.15) is 0 Å². The predicted octanol–water partition coefficient (Wildman–Crippen LogP) is 1.59. The highest BCUT2D eigenvalue weighted by Crippen LogP contribution is 2.18. The van der Waals surface area contributed by atoms with Gasteiger partial charge in [0.2, 0.25) is 0 Å². The number of carboxylic acids is 2. The maximum atomic E-state index is 10.6. The first-order valence-electron chi connectivity index (χ1n) is 4.41. The third kappa shape index (κ3) is 2.66. The van der Waals surface area contributed by atoms with Gasteiger partial charge >= 0.3 is 11.9 Å². The van der Waals surface area contributed by atoms with Gasteiger partial charge in [0.1, 0.15) is 10.0 Å². The molecular weight excluding hydrogens is 264 g/mol. The van der Waals surface area contributed by atoms with E-state index in [1.54, 1.807) is 0 Å². The zero-order valence-electron chi connectivity index (χ0n) is 8.28. The number of hydrogen-bond acceptors (Lipinski definition) is 6. The molecule has 8 heteroatoms. The van der Waals surface area contributed by atoms with Crippen LogP contribution in [0.3, 0.4) is 0 Å². The molecule has 0 aliphatic rings. The second kappa shape index (κ2) is 4.60. The Morgan fingerprint density at radius 2 is 1.41 bits per heavy atom. The van der Waals surface area contributed by atoms with Crippen LogP contribution in [-0.2, 0) is 6.42 Å². The van der Waals surface area contributed by atoms with Gasteiger partial charge in [-0.15, -0.1) is 22.7 Å². The summed E-state index contributed by atoms with van der Waals surface area (Å²) in [5, 5.41) is 21.5. The first-order valence-corrected chi connectivity index (χ1v) is 6.17. The minimum atomic E-state index is -1.07. The SMILES string of the molecule is O=C(O)c1csc(Cc2nc(C(=O)O)cs2)n1. The molecule has 88 valence electrons. The first kappa shape index (κ1) is 11.7. The Kier molecular flexibility index (Phi) is 3.16. The standard InChI is InChI=1S/C9H6N2O4S2/c12-8(13)4-2-16-6(10-4)1-7-11-5(3-17-7)9(14)15/h2-3H,1H2,(H,12,13)(H,14,15). The van der Waals surface area contributed by atoms with Crippen molar-refractivity contribution in [1.29, 1.82) is 0 Å². The Balaban J connectivity index is 2.13. The number of hydrogen-bond donors (Lipinski definition) is 2. The van der Waals surface area contributed by atoms with Crippen LogP contribution in [0, 0.1) is 0 Å². The second-order valence-corrected chi connectivity index (χ2v) is 4.93. The van der Waals surface area contributed by atoms with Gasteiger partial charge in [-0.25, -0.2) is 19.6 Å². The highest BCUT2D eigenvalue weighted by molar-refractivity contribution is 7.11. The van der Waals surface area contributed by atoms with Crippen LogP contribution < -0.4 is 0 Å². The number of carbonyl (C=O) groups is 2. The third-order valence-corrected chi connectivity index (χ3v) is 3.54. The Hall–Kier alpha value is -1.80. The normalized spacial score (nSPS) is 10.4. The van der Waals surface area contributed by atoms with Crippen molar-refractivity contribution in [3.05, 3.63) is 32.2 Å². The van der Waals surface area contributed by atoms with Crippen molar-refractivity contribution in [1.82, 2.24) is 9.97 Å². The molecule has 0 radical (unpaired) electrons. The zero-order valence-corrected chi connectivity index (χ0v) is 9.92. The Morgan fingerprint density at radius 3 is 1.71 bits per heavy atom. The molecule has 2 heterocycles. The van der Waals surface area contributed by atoms with Crippen molar-refractivity contribution in [2.75, 3.05) is 0 Å². The lowest BCUT2D eigenvalue weighted by Gasteiger charge is -1.89. The van der Waals surface area contributed by atoms with Crippen LogP contribution in [0.4, 0.5) is 0 Å². The molecular formula is C9H6N2O4S2. The number of rotatable bonds is 4. The molecule has 2 aromatic heterocycles. The Bertz CT molecular complexity index is 525. The summed E-state index contributed by atoms with van der Waals surface area (Å²) in [7, 11) is 0. The van der Waals surface area contributed by atoms with Gasteiger partial charge in [0.05, 0.1) is 6.42 Å². The molecule has 0 bridgehead atoms. The summed E-state index contributed by atoms with van der Waals surface area (Å²) in [6.45, 7) is 0. The van der Waals surface area contributed by atoms with Crippen molar-refractivity contribution in [3.63, 3.8) is 0 Å². The monoisotopic (exact) mass is 270 g/mol.